The van der Waals surface area contributed by atoms with E-state index in [1.54, 1.807) is 39.3 Å². The summed E-state index contributed by atoms with van der Waals surface area (Å²) in [6, 6.07) is 4.95. The van der Waals surface area contributed by atoms with Crippen LogP contribution in [0.2, 0.25) is 0 Å². The summed E-state index contributed by atoms with van der Waals surface area (Å²) < 4.78 is 38.4. The van der Waals surface area contributed by atoms with Gasteiger partial charge in [0.15, 0.2) is 0 Å². The molecule has 0 unspecified atom stereocenters. The van der Waals surface area contributed by atoms with E-state index in [4.69, 9.17) is 9.47 Å². The molecule has 0 bridgehead atoms. The normalized spacial score (nSPS) is 19.7. The summed E-state index contributed by atoms with van der Waals surface area (Å²) in [5.41, 5.74) is 0.684. The van der Waals surface area contributed by atoms with Crippen molar-refractivity contribution in [3.8, 4) is 5.75 Å². The van der Waals surface area contributed by atoms with Crippen molar-refractivity contribution in [1.82, 2.24) is 9.62 Å². The van der Waals surface area contributed by atoms with Gasteiger partial charge in [-0.25, -0.2) is 13.1 Å². The molecular formula is C16H26N2O4S. The first-order valence-electron chi connectivity index (χ1n) is 7.84. The highest BCUT2D eigenvalue weighted by atomic mass is 32.2. The predicted octanol–water partition coefficient (Wildman–Crippen LogP) is 1.39. The number of rotatable bonds is 7. The van der Waals surface area contributed by atoms with Crippen LogP contribution in [0.4, 0.5) is 0 Å². The first kappa shape index (κ1) is 18.2. The summed E-state index contributed by atoms with van der Waals surface area (Å²) >= 11 is 0. The van der Waals surface area contributed by atoms with Gasteiger partial charge in [0.2, 0.25) is 10.0 Å². The van der Waals surface area contributed by atoms with E-state index in [9.17, 15) is 8.42 Å². The van der Waals surface area contributed by atoms with Crippen LogP contribution >= 0.6 is 0 Å². The van der Waals surface area contributed by atoms with Crippen LogP contribution in [0.15, 0.2) is 23.1 Å². The van der Waals surface area contributed by atoms with Gasteiger partial charge >= 0.3 is 0 Å². The van der Waals surface area contributed by atoms with Gasteiger partial charge in [0.1, 0.15) is 5.75 Å². The SMILES string of the molecule is COCCN1CCC[C@@H](NS(=O)(=O)c2ccc(OC)cc2C)C1. The molecule has 23 heavy (non-hydrogen) atoms. The second-order valence-electron chi connectivity index (χ2n) is 5.89. The van der Waals surface area contributed by atoms with Crippen LogP contribution < -0.4 is 9.46 Å². The zero-order chi connectivity index (χ0) is 16.9. The fraction of sp³-hybridized carbons (Fsp3) is 0.625. The Morgan fingerprint density at radius 3 is 2.78 bits per heavy atom. The maximum atomic E-state index is 12.6. The van der Waals surface area contributed by atoms with Crippen LogP contribution in [0.1, 0.15) is 18.4 Å². The zero-order valence-corrected chi connectivity index (χ0v) is 14.9. The molecule has 0 saturated carbocycles. The Kier molecular flexibility index (Phi) is 6.41. The third-order valence-electron chi connectivity index (χ3n) is 4.11. The summed E-state index contributed by atoms with van der Waals surface area (Å²) in [4.78, 5) is 2.55. The van der Waals surface area contributed by atoms with E-state index in [-0.39, 0.29) is 6.04 Å². The van der Waals surface area contributed by atoms with Crippen molar-refractivity contribution < 1.29 is 17.9 Å². The summed E-state index contributed by atoms with van der Waals surface area (Å²) in [5, 5.41) is 0. The van der Waals surface area contributed by atoms with Crippen molar-refractivity contribution in [1.29, 1.82) is 0 Å². The number of hydrogen-bond acceptors (Lipinski definition) is 5. The minimum absolute atomic E-state index is 0.0629. The molecule has 2 rings (SSSR count). The van der Waals surface area contributed by atoms with E-state index < -0.39 is 10.0 Å². The molecule has 1 aromatic carbocycles. The van der Waals surface area contributed by atoms with E-state index in [1.807, 2.05) is 0 Å². The number of piperidine rings is 1. The van der Waals surface area contributed by atoms with E-state index in [0.717, 1.165) is 32.5 Å². The van der Waals surface area contributed by atoms with Crippen LogP contribution in [0.3, 0.4) is 0 Å². The van der Waals surface area contributed by atoms with Gasteiger partial charge in [0, 0.05) is 26.2 Å². The largest absolute Gasteiger partial charge is 0.497 e. The number of likely N-dealkylation sites (tertiary alicyclic amines) is 1. The Labute approximate surface area is 138 Å². The molecule has 0 amide bonds. The molecule has 0 aliphatic carbocycles. The fourth-order valence-corrected chi connectivity index (χ4v) is 4.40. The van der Waals surface area contributed by atoms with Crippen molar-refractivity contribution in [2.24, 2.45) is 0 Å². The molecule has 6 nitrogen and oxygen atoms in total. The molecule has 0 radical (unpaired) electrons. The van der Waals surface area contributed by atoms with E-state index in [2.05, 4.69) is 9.62 Å². The lowest BCUT2D eigenvalue weighted by Gasteiger charge is -2.32. The minimum atomic E-state index is -3.52. The van der Waals surface area contributed by atoms with E-state index in [0.29, 0.717) is 22.8 Å². The lowest BCUT2D eigenvalue weighted by Crippen LogP contribution is -2.48. The van der Waals surface area contributed by atoms with Gasteiger partial charge in [-0.2, -0.15) is 0 Å². The smallest absolute Gasteiger partial charge is 0.241 e. The van der Waals surface area contributed by atoms with Crippen molar-refractivity contribution >= 4 is 10.0 Å². The number of hydrogen-bond donors (Lipinski definition) is 1. The average molecular weight is 342 g/mol. The molecule has 0 aromatic heterocycles. The third kappa shape index (κ3) is 4.91. The number of methoxy groups -OCH3 is 2. The average Bonchev–Trinajstić information content (AvgIpc) is 2.52. The summed E-state index contributed by atoms with van der Waals surface area (Å²) in [6.45, 7) is 4.98. The maximum absolute atomic E-state index is 12.6. The number of benzene rings is 1. The quantitative estimate of drug-likeness (QED) is 0.811. The lowest BCUT2D eigenvalue weighted by atomic mass is 10.1. The molecule has 1 aliphatic rings. The highest BCUT2D eigenvalue weighted by Crippen LogP contribution is 2.22. The lowest BCUT2D eigenvalue weighted by molar-refractivity contribution is 0.126. The monoisotopic (exact) mass is 342 g/mol. The molecule has 7 heteroatoms. The van der Waals surface area contributed by atoms with E-state index >= 15 is 0 Å². The minimum Gasteiger partial charge on any atom is -0.497 e. The van der Waals surface area contributed by atoms with Crippen LogP contribution in [-0.2, 0) is 14.8 Å². The molecule has 1 aliphatic heterocycles. The van der Waals surface area contributed by atoms with Crippen molar-refractivity contribution in [3.05, 3.63) is 23.8 Å². The van der Waals surface area contributed by atoms with Gasteiger partial charge in [-0.1, -0.05) is 0 Å². The Hall–Kier alpha value is -1.15. The van der Waals surface area contributed by atoms with Crippen LogP contribution in [0.25, 0.3) is 0 Å². The van der Waals surface area contributed by atoms with Gasteiger partial charge in [0.05, 0.1) is 18.6 Å². The predicted molar refractivity (Wildman–Crippen MR) is 89.4 cm³/mol. The Morgan fingerprint density at radius 2 is 2.13 bits per heavy atom. The number of nitrogens with one attached hydrogen (secondary N) is 1. The van der Waals surface area contributed by atoms with Gasteiger partial charge in [0.25, 0.3) is 0 Å². The van der Waals surface area contributed by atoms with Crippen molar-refractivity contribution in [2.75, 3.05) is 40.5 Å². The third-order valence-corrected chi connectivity index (χ3v) is 5.79. The standard InChI is InChI=1S/C16H26N2O4S/c1-13-11-15(22-3)6-7-16(13)23(19,20)17-14-5-4-8-18(12-14)9-10-21-2/h6-7,11,14,17H,4-5,8-10,12H2,1-3H3/t14-/m1/s1. The summed E-state index contributed by atoms with van der Waals surface area (Å²) in [5.74, 6) is 0.657. The number of ether oxygens (including phenoxy) is 2. The molecule has 1 atom stereocenters. The van der Waals surface area contributed by atoms with Crippen molar-refractivity contribution in [2.45, 2.75) is 30.7 Å². The summed E-state index contributed by atoms with van der Waals surface area (Å²) in [6.07, 6.45) is 1.84. The summed E-state index contributed by atoms with van der Waals surface area (Å²) in [7, 11) is -0.278. The molecule has 1 fully saturated rings. The second kappa shape index (κ2) is 8.10. The molecule has 0 spiro atoms. The van der Waals surface area contributed by atoms with Crippen molar-refractivity contribution in [3.63, 3.8) is 0 Å². The van der Waals surface area contributed by atoms with Gasteiger partial charge in [-0.05, 0) is 50.1 Å². The number of nitrogens with zero attached hydrogens (tertiary/aromatic N) is 1. The molecule has 1 aromatic rings. The fourth-order valence-electron chi connectivity index (χ4n) is 2.91. The number of aryl methyl sites for hydroxylation is 1. The van der Waals surface area contributed by atoms with Gasteiger partial charge in [-0.3, -0.25) is 4.90 Å². The molecule has 130 valence electrons. The number of sulfonamides is 1. The van der Waals surface area contributed by atoms with Crippen LogP contribution in [0, 0.1) is 6.92 Å². The van der Waals surface area contributed by atoms with Gasteiger partial charge in [-0.15, -0.1) is 0 Å². The Balaban J connectivity index is 2.05. The Bertz CT molecular complexity index is 619. The molecule has 1 saturated heterocycles. The van der Waals surface area contributed by atoms with Gasteiger partial charge < -0.3 is 9.47 Å². The van der Waals surface area contributed by atoms with Crippen LogP contribution in [-0.4, -0.2) is 59.8 Å². The highest BCUT2D eigenvalue weighted by Gasteiger charge is 2.26. The Morgan fingerprint density at radius 1 is 1.35 bits per heavy atom. The first-order chi connectivity index (χ1) is 11.0. The first-order valence-corrected chi connectivity index (χ1v) is 9.33. The zero-order valence-electron chi connectivity index (χ0n) is 14.0. The van der Waals surface area contributed by atoms with E-state index in [1.165, 1.54) is 0 Å². The van der Waals surface area contributed by atoms with Crippen LogP contribution in [0.5, 0.6) is 5.75 Å². The molecule has 1 heterocycles. The highest BCUT2D eigenvalue weighted by molar-refractivity contribution is 7.89. The molecule has 1 N–H and O–H groups in total. The topological polar surface area (TPSA) is 67.9 Å². The maximum Gasteiger partial charge on any atom is 0.241 e. The second-order valence-corrected chi connectivity index (χ2v) is 7.57. The molecular weight excluding hydrogens is 316 g/mol.